The van der Waals surface area contributed by atoms with Gasteiger partial charge in [0.15, 0.2) is 11.5 Å². The molecule has 0 saturated carbocycles. The van der Waals surface area contributed by atoms with Crippen LogP contribution in [-0.2, 0) is 4.74 Å². The number of carbonyl (C=O) groups is 1. The molecule has 100 valence electrons. The van der Waals surface area contributed by atoms with Gasteiger partial charge in [0.2, 0.25) is 0 Å². The molecule has 1 rings (SSSR count). The van der Waals surface area contributed by atoms with Crippen molar-refractivity contribution in [3.63, 3.8) is 0 Å². The van der Waals surface area contributed by atoms with Gasteiger partial charge < -0.3 is 14.2 Å². The van der Waals surface area contributed by atoms with Crippen molar-refractivity contribution in [1.29, 1.82) is 0 Å². The SMILES string of the molecule is CCOC(=O)c1ccc(OCCSC)c(OC)c1. The zero-order chi connectivity index (χ0) is 13.4. The molecule has 0 aliphatic rings. The Kier molecular flexibility index (Phi) is 6.43. The number of benzene rings is 1. The van der Waals surface area contributed by atoms with Crippen LogP contribution in [0.2, 0.25) is 0 Å². The van der Waals surface area contributed by atoms with E-state index in [0.717, 1.165) is 5.75 Å². The molecular weight excluding hydrogens is 252 g/mol. The summed E-state index contributed by atoms with van der Waals surface area (Å²) in [4.78, 5) is 11.6. The van der Waals surface area contributed by atoms with Gasteiger partial charge >= 0.3 is 5.97 Å². The van der Waals surface area contributed by atoms with E-state index in [-0.39, 0.29) is 5.97 Å². The van der Waals surface area contributed by atoms with E-state index in [1.807, 2.05) is 6.26 Å². The molecule has 4 nitrogen and oxygen atoms in total. The summed E-state index contributed by atoms with van der Waals surface area (Å²) in [6.45, 7) is 2.73. The van der Waals surface area contributed by atoms with Crippen molar-refractivity contribution < 1.29 is 19.0 Å². The molecule has 0 heterocycles. The monoisotopic (exact) mass is 270 g/mol. The average molecular weight is 270 g/mol. The lowest BCUT2D eigenvalue weighted by atomic mass is 10.2. The van der Waals surface area contributed by atoms with Crippen molar-refractivity contribution in [1.82, 2.24) is 0 Å². The van der Waals surface area contributed by atoms with E-state index in [9.17, 15) is 4.79 Å². The summed E-state index contributed by atoms with van der Waals surface area (Å²) >= 11 is 1.71. The Bertz CT molecular complexity index is 393. The number of rotatable bonds is 7. The second-order valence-electron chi connectivity index (χ2n) is 3.43. The number of methoxy groups -OCH3 is 1. The summed E-state index contributed by atoms with van der Waals surface area (Å²) in [7, 11) is 1.55. The van der Waals surface area contributed by atoms with Gasteiger partial charge in [-0.05, 0) is 31.4 Å². The Hall–Kier alpha value is -1.36. The van der Waals surface area contributed by atoms with Crippen LogP contribution in [0, 0.1) is 0 Å². The third-order valence-electron chi connectivity index (χ3n) is 2.22. The molecule has 0 aliphatic heterocycles. The molecule has 0 spiro atoms. The van der Waals surface area contributed by atoms with Crippen LogP contribution in [-0.4, -0.2) is 38.3 Å². The first-order valence-electron chi connectivity index (χ1n) is 5.69. The van der Waals surface area contributed by atoms with Gasteiger partial charge in [-0.1, -0.05) is 0 Å². The third-order valence-corrected chi connectivity index (χ3v) is 2.79. The van der Waals surface area contributed by atoms with E-state index < -0.39 is 0 Å². The van der Waals surface area contributed by atoms with E-state index >= 15 is 0 Å². The molecule has 0 N–H and O–H groups in total. The highest BCUT2D eigenvalue weighted by atomic mass is 32.2. The molecular formula is C13H18O4S. The lowest BCUT2D eigenvalue weighted by molar-refractivity contribution is 0.0526. The van der Waals surface area contributed by atoms with Crippen molar-refractivity contribution in [2.45, 2.75) is 6.92 Å². The molecule has 0 unspecified atom stereocenters. The largest absolute Gasteiger partial charge is 0.493 e. The summed E-state index contributed by atoms with van der Waals surface area (Å²) in [6, 6.07) is 5.03. The standard InChI is InChI=1S/C13H18O4S/c1-4-16-13(14)10-5-6-11(12(9-10)15-2)17-7-8-18-3/h5-6,9H,4,7-8H2,1-3H3. The highest BCUT2D eigenvalue weighted by molar-refractivity contribution is 7.98. The molecule has 1 aromatic rings. The first-order valence-corrected chi connectivity index (χ1v) is 7.09. The minimum atomic E-state index is -0.355. The lowest BCUT2D eigenvalue weighted by Crippen LogP contribution is -2.06. The second kappa shape index (κ2) is 7.87. The number of hydrogen-bond acceptors (Lipinski definition) is 5. The predicted octanol–water partition coefficient (Wildman–Crippen LogP) is 2.61. The summed E-state index contributed by atoms with van der Waals surface area (Å²) in [6.07, 6.45) is 2.02. The molecule has 0 fully saturated rings. The normalized spacial score (nSPS) is 9.94. The van der Waals surface area contributed by atoms with Crippen molar-refractivity contribution in [2.24, 2.45) is 0 Å². The smallest absolute Gasteiger partial charge is 0.338 e. The van der Waals surface area contributed by atoms with E-state index in [0.29, 0.717) is 30.3 Å². The van der Waals surface area contributed by atoms with Crippen LogP contribution in [0.15, 0.2) is 18.2 Å². The number of thioether (sulfide) groups is 1. The number of hydrogen-bond donors (Lipinski definition) is 0. The highest BCUT2D eigenvalue weighted by Crippen LogP contribution is 2.28. The van der Waals surface area contributed by atoms with Gasteiger partial charge in [-0.2, -0.15) is 11.8 Å². The summed E-state index contributed by atoms with van der Waals surface area (Å²) < 4.78 is 15.7. The number of esters is 1. The average Bonchev–Trinajstić information content (AvgIpc) is 2.39. The fourth-order valence-corrected chi connectivity index (χ4v) is 1.61. The minimum Gasteiger partial charge on any atom is -0.493 e. The topological polar surface area (TPSA) is 44.8 Å². The van der Waals surface area contributed by atoms with Crippen molar-refractivity contribution in [3.8, 4) is 11.5 Å². The summed E-state index contributed by atoms with van der Waals surface area (Å²) in [5.74, 6) is 1.73. The molecule has 0 aliphatic carbocycles. The van der Waals surface area contributed by atoms with Crippen LogP contribution < -0.4 is 9.47 Å². The van der Waals surface area contributed by atoms with Gasteiger partial charge in [0.05, 0.1) is 25.9 Å². The van der Waals surface area contributed by atoms with Gasteiger partial charge in [-0.25, -0.2) is 4.79 Å². The highest BCUT2D eigenvalue weighted by Gasteiger charge is 2.11. The number of ether oxygens (including phenoxy) is 3. The van der Waals surface area contributed by atoms with Crippen LogP contribution in [0.5, 0.6) is 11.5 Å². The molecule has 0 radical (unpaired) electrons. The van der Waals surface area contributed by atoms with Crippen molar-refractivity contribution in [3.05, 3.63) is 23.8 Å². The molecule has 0 amide bonds. The predicted molar refractivity (Wildman–Crippen MR) is 72.8 cm³/mol. The maximum Gasteiger partial charge on any atom is 0.338 e. The molecule has 0 atom stereocenters. The summed E-state index contributed by atoms with van der Waals surface area (Å²) in [5.41, 5.74) is 0.464. The van der Waals surface area contributed by atoms with E-state index in [1.54, 1.807) is 44.0 Å². The van der Waals surface area contributed by atoms with Crippen LogP contribution in [0.4, 0.5) is 0 Å². The van der Waals surface area contributed by atoms with Crippen LogP contribution in [0.1, 0.15) is 17.3 Å². The van der Waals surface area contributed by atoms with E-state index in [1.165, 1.54) is 0 Å². The summed E-state index contributed by atoms with van der Waals surface area (Å²) in [5, 5.41) is 0. The lowest BCUT2D eigenvalue weighted by Gasteiger charge is -2.11. The Labute approximate surface area is 112 Å². The molecule has 0 bridgehead atoms. The maximum atomic E-state index is 11.6. The Morgan fingerprint density at radius 2 is 2.11 bits per heavy atom. The molecule has 18 heavy (non-hydrogen) atoms. The first-order chi connectivity index (χ1) is 8.72. The van der Waals surface area contributed by atoms with Crippen LogP contribution >= 0.6 is 11.8 Å². The number of carbonyl (C=O) groups excluding carboxylic acids is 1. The fraction of sp³-hybridized carbons (Fsp3) is 0.462. The van der Waals surface area contributed by atoms with Gasteiger partial charge in [-0.3, -0.25) is 0 Å². The second-order valence-corrected chi connectivity index (χ2v) is 4.41. The molecule has 0 aromatic heterocycles. The van der Waals surface area contributed by atoms with Crippen molar-refractivity contribution >= 4 is 17.7 Å². The van der Waals surface area contributed by atoms with Crippen LogP contribution in [0.3, 0.4) is 0 Å². The Morgan fingerprint density at radius 1 is 1.33 bits per heavy atom. The van der Waals surface area contributed by atoms with Gasteiger partial charge in [0.25, 0.3) is 0 Å². The molecule has 5 heteroatoms. The van der Waals surface area contributed by atoms with E-state index in [2.05, 4.69) is 0 Å². The van der Waals surface area contributed by atoms with E-state index in [4.69, 9.17) is 14.2 Å². The quantitative estimate of drug-likeness (QED) is 0.563. The first kappa shape index (κ1) is 14.7. The molecule has 1 aromatic carbocycles. The minimum absolute atomic E-state index is 0.354. The van der Waals surface area contributed by atoms with Gasteiger partial charge in [-0.15, -0.1) is 0 Å². The van der Waals surface area contributed by atoms with Gasteiger partial charge in [0.1, 0.15) is 0 Å². The van der Waals surface area contributed by atoms with Crippen molar-refractivity contribution in [2.75, 3.05) is 32.3 Å². The molecule has 0 saturated heterocycles. The Balaban J connectivity index is 2.79. The fourth-order valence-electron chi connectivity index (χ4n) is 1.36. The zero-order valence-electron chi connectivity index (χ0n) is 10.9. The Morgan fingerprint density at radius 3 is 2.72 bits per heavy atom. The maximum absolute atomic E-state index is 11.6. The zero-order valence-corrected chi connectivity index (χ0v) is 11.7. The third kappa shape index (κ3) is 4.14. The van der Waals surface area contributed by atoms with Crippen LogP contribution in [0.25, 0.3) is 0 Å². The van der Waals surface area contributed by atoms with Gasteiger partial charge in [0, 0.05) is 5.75 Å².